The third-order valence-electron chi connectivity index (χ3n) is 4.24. The molecule has 6 nitrogen and oxygen atoms in total. The zero-order valence-electron chi connectivity index (χ0n) is 15.7. The van der Waals surface area contributed by atoms with Crippen molar-refractivity contribution in [2.24, 2.45) is 0 Å². The molecule has 28 heavy (non-hydrogen) atoms. The van der Waals surface area contributed by atoms with Crippen molar-refractivity contribution in [1.29, 1.82) is 0 Å². The second-order valence-electron chi connectivity index (χ2n) is 6.00. The molecule has 0 spiro atoms. The molecule has 0 aliphatic rings. The zero-order valence-corrected chi connectivity index (χ0v) is 16.5. The molecule has 0 atom stereocenters. The molecule has 146 valence electrons. The first-order valence-corrected chi connectivity index (χ1v) is 10.2. The fourth-order valence-corrected chi connectivity index (χ4v) is 4.33. The molecule has 0 radical (unpaired) electrons. The van der Waals surface area contributed by atoms with Crippen LogP contribution in [0, 0.1) is 0 Å². The van der Waals surface area contributed by atoms with Crippen LogP contribution in [0.25, 0.3) is 10.8 Å². The minimum atomic E-state index is -4.04. The maximum absolute atomic E-state index is 13.4. The Labute approximate surface area is 164 Å². The van der Waals surface area contributed by atoms with Crippen molar-refractivity contribution in [1.82, 2.24) is 0 Å². The van der Waals surface area contributed by atoms with Gasteiger partial charge in [0.25, 0.3) is 10.0 Å². The molecular weight excluding hydrogens is 378 g/mol. The van der Waals surface area contributed by atoms with Gasteiger partial charge in [0.05, 0.1) is 24.3 Å². The van der Waals surface area contributed by atoms with Crippen molar-refractivity contribution in [2.75, 3.05) is 24.6 Å². The number of para-hydroxylation sites is 2. The summed E-state index contributed by atoms with van der Waals surface area (Å²) in [6.45, 7) is 1.70. The van der Waals surface area contributed by atoms with E-state index in [0.717, 1.165) is 15.1 Å². The second-order valence-corrected chi connectivity index (χ2v) is 7.86. The summed E-state index contributed by atoms with van der Waals surface area (Å²) in [5, 5.41) is 1.72. The minimum Gasteiger partial charge on any atom is -0.492 e. The highest BCUT2D eigenvalue weighted by Gasteiger charge is 2.29. The maximum atomic E-state index is 13.4. The van der Waals surface area contributed by atoms with E-state index in [4.69, 9.17) is 9.47 Å². The number of esters is 1. The van der Waals surface area contributed by atoms with Gasteiger partial charge in [0, 0.05) is 0 Å². The largest absolute Gasteiger partial charge is 0.492 e. The zero-order chi connectivity index (χ0) is 20.1. The van der Waals surface area contributed by atoms with Crippen LogP contribution in [0.1, 0.15) is 6.92 Å². The van der Waals surface area contributed by atoms with Crippen molar-refractivity contribution >= 4 is 32.5 Å². The fraction of sp³-hybridized carbons (Fsp3) is 0.190. The lowest BCUT2D eigenvalue weighted by molar-refractivity contribution is -0.138. The summed E-state index contributed by atoms with van der Waals surface area (Å²) >= 11 is 0. The van der Waals surface area contributed by atoms with Gasteiger partial charge in [-0.05, 0) is 42.0 Å². The summed E-state index contributed by atoms with van der Waals surface area (Å²) in [4.78, 5) is 12.1. The average molecular weight is 399 g/mol. The maximum Gasteiger partial charge on any atom is 0.326 e. The van der Waals surface area contributed by atoms with Crippen molar-refractivity contribution in [3.63, 3.8) is 0 Å². The Kier molecular flexibility index (Phi) is 5.84. The Morgan fingerprint density at radius 2 is 1.64 bits per heavy atom. The van der Waals surface area contributed by atoms with E-state index in [9.17, 15) is 13.2 Å². The molecule has 0 heterocycles. The van der Waals surface area contributed by atoms with Crippen LogP contribution in [0.3, 0.4) is 0 Å². The minimum absolute atomic E-state index is 0.0846. The number of anilines is 1. The number of hydrogen-bond donors (Lipinski definition) is 0. The first kappa shape index (κ1) is 19.7. The first-order valence-electron chi connectivity index (χ1n) is 8.77. The molecule has 0 unspecified atom stereocenters. The molecule has 0 bridgehead atoms. The third kappa shape index (κ3) is 3.94. The number of carbonyl (C=O) groups is 1. The molecule has 0 N–H and O–H groups in total. The predicted octanol–water partition coefficient (Wildman–Crippen LogP) is 3.61. The lowest BCUT2D eigenvalue weighted by Gasteiger charge is -2.25. The monoisotopic (exact) mass is 399 g/mol. The van der Waals surface area contributed by atoms with Gasteiger partial charge in [-0.15, -0.1) is 0 Å². The highest BCUT2D eigenvalue weighted by Crippen LogP contribution is 2.33. The number of nitrogens with zero attached hydrogens (tertiary/aromatic N) is 1. The van der Waals surface area contributed by atoms with Crippen LogP contribution >= 0.6 is 0 Å². The van der Waals surface area contributed by atoms with E-state index in [1.165, 1.54) is 13.2 Å². The lowest BCUT2D eigenvalue weighted by atomic mass is 10.1. The quantitative estimate of drug-likeness (QED) is 0.568. The number of fused-ring (bicyclic) bond motifs is 1. The standard InChI is InChI=1S/C21H21NO5S/c1-3-27-20-11-7-6-10-19(20)22(15-21(23)26-2)28(24,25)18-13-12-16-8-4-5-9-17(16)14-18/h4-14H,3,15H2,1-2H3. The molecule has 0 fully saturated rings. The van der Waals surface area contributed by atoms with E-state index >= 15 is 0 Å². The van der Waals surface area contributed by atoms with E-state index in [1.807, 2.05) is 24.3 Å². The van der Waals surface area contributed by atoms with Crippen molar-refractivity contribution in [3.05, 3.63) is 66.7 Å². The van der Waals surface area contributed by atoms with Gasteiger partial charge in [-0.1, -0.05) is 42.5 Å². The average Bonchev–Trinajstić information content (AvgIpc) is 2.72. The summed E-state index contributed by atoms with van der Waals surface area (Å²) in [5.41, 5.74) is 0.280. The van der Waals surface area contributed by atoms with Gasteiger partial charge in [-0.3, -0.25) is 9.10 Å². The number of rotatable bonds is 7. The van der Waals surface area contributed by atoms with Crippen LogP contribution in [-0.4, -0.2) is 34.6 Å². The predicted molar refractivity (Wildman–Crippen MR) is 108 cm³/mol. The number of ether oxygens (including phenoxy) is 2. The van der Waals surface area contributed by atoms with Gasteiger partial charge in [0.1, 0.15) is 12.3 Å². The van der Waals surface area contributed by atoms with Crippen molar-refractivity contribution in [3.8, 4) is 5.75 Å². The van der Waals surface area contributed by atoms with Crippen LogP contribution in [0.5, 0.6) is 5.75 Å². The van der Waals surface area contributed by atoms with Crippen LogP contribution in [0.4, 0.5) is 5.69 Å². The molecule has 3 aromatic carbocycles. The van der Waals surface area contributed by atoms with Crippen LogP contribution in [0.2, 0.25) is 0 Å². The Balaban J connectivity index is 2.14. The number of hydrogen-bond acceptors (Lipinski definition) is 5. The van der Waals surface area contributed by atoms with Gasteiger partial charge in [-0.2, -0.15) is 0 Å². The van der Waals surface area contributed by atoms with Gasteiger partial charge in [-0.25, -0.2) is 8.42 Å². The van der Waals surface area contributed by atoms with Gasteiger partial charge < -0.3 is 9.47 Å². The summed E-state index contributed by atoms with van der Waals surface area (Å²) < 4.78 is 38.2. The Morgan fingerprint density at radius 1 is 0.964 bits per heavy atom. The Morgan fingerprint density at radius 3 is 2.36 bits per heavy atom. The molecule has 0 saturated carbocycles. The van der Waals surface area contributed by atoms with Crippen molar-refractivity contribution < 1.29 is 22.7 Å². The van der Waals surface area contributed by atoms with E-state index in [2.05, 4.69) is 0 Å². The molecule has 3 rings (SSSR count). The molecule has 0 saturated heterocycles. The van der Waals surface area contributed by atoms with E-state index < -0.39 is 22.5 Å². The second kappa shape index (κ2) is 8.31. The van der Waals surface area contributed by atoms with Gasteiger partial charge >= 0.3 is 5.97 Å². The van der Waals surface area contributed by atoms with Crippen LogP contribution in [-0.2, 0) is 19.6 Å². The molecule has 0 amide bonds. The Hall–Kier alpha value is -3.06. The molecular formula is C21H21NO5S. The summed E-state index contributed by atoms with van der Waals surface area (Å²) in [6, 6.07) is 19.1. The fourth-order valence-electron chi connectivity index (χ4n) is 2.88. The molecule has 0 aromatic heterocycles. The number of carbonyl (C=O) groups excluding carboxylic acids is 1. The lowest BCUT2D eigenvalue weighted by Crippen LogP contribution is -2.36. The van der Waals surface area contributed by atoms with Gasteiger partial charge in [0.2, 0.25) is 0 Å². The topological polar surface area (TPSA) is 72.9 Å². The van der Waals surface area contributed by atoms with Crippen molar-refractivity contribution in [2.45, 2.75) is 11.8 Å². The number of sulfonamides is 1. The first-order chi connectivity index (χ1) is 13.5. The molecule has 3 aromatic rings. The third-order valence-corrected chi connectivity index (χ3v) is 6.00. The number of methoxy groups -OCH3 is 1. The molecule has 7 heteroatoms. The van der Waals surface area contributed by atoms with E-state index in [1.54, 1.807) is 43.3 Å². The van der Waals surface area contributed by atoms with Crippen LogP contribution < -0.4 is 9.04 Å². The van der Waals surface area contributed by atoms with Gasteiger partial charge in [0.15, 0.2) is 0 Å². The van der Waals surface area contributed by atoms with Crippen LogP contribution in [0.15, 0.2) is 71.6 Å². The summed E-state index contributed by atoms with van der Waals surface area (Å²) in [6.07, 6.45) is 0. The number of benzene rings is 3. The highest BCUT2D eigenvalue weighted by molar-refractivity contribution is 7.92. The van der Waals surface area contributed by atoms with E-state index in [-0.39, 0.29) is 10.6 Å². The Bertz CT molecular complexity index is 1090. The molecule has 0 aliphatic carbocycles. The van der Waals surface area contributed by atoms with E-state index in [0.29, 0.717) is 12.4 Å². The smallest absolute Gasteiger partial charge is 0.326 e. The summed E-state index contributed by atoms with van der Waals surface area (Å²) in [7, 11) is -2.82. The normalized spacial score (nSPS) is 11.2. The summed E-state index contributed by atoms with van der Waals surface area (Å²) in [5.74, 6) is -0.297. The molecule has 0 aliphatic heterocycles. The highest BCUT2D eigenvalue weighted by atomic mass is 32.2. The SMILES string of the molecule is CCOc1ccccc1N(CC(=O)OC)S(=O)(=O)c1ccc2ccccc2c1.